The fourth-order valence-electron chi connectivity index (χ4n) is 2.08. The monoisotopic (exact) mass is 428 g/mol. The van der Waals surface area contributed by atoms with Crippen LogP contribution in [-0.4, -0.2) is 25.7 Å². The third kappa shape index (κ3) is 7.32. The Morgan fingerprint density at radius 1 is 1.12 bits per heavy atom. The molecule has 0 saturated heterocycles. The molecule has 0 heterocycles. The van der Waals surface area contributed by atoms with Crippen molar-refractivity contribution in [3.05, 3.63) is 63.3 Å². The first-order chi connectivity index (χ1) is 12.0. The van der Waals surface area contributed by atoms with Gasteiger partial charge in [0.25, 0.3) is 0 Å². The number of ether oxygens (including phenoxy) is 1. The average molecular weight is 430 g/mol. The second-order valence-corrected chi connectivity index (χ2v) is 6.66. The van der Waals surface area contributed by atoms with Crippen LogP contribution >= 0.6 is 27.5 Å². The van der Waals surface area contributed by atoms with E-state index < -0.39 is 0 Å². The Balaban J connectivity index is 1.55. The highest BCUT2D eigenvalue weighted by Crippen LogP contribution is 2.27. The summed E-state index contributed by atoms with van der Waals surface area (Å²) in [5, 5.41) is 6.06. The summed E-state index contributed by atoms with van der Waals surface area (Å²) < 4.78 is 19.2. The van der Waals surface area contributed by atoms with Crippen molar-refractivity contribution in [1.82, 2.24) is 10.6 Å². The van der Waals surface area contributed by atoms with Crippen molar-refractivity contribution in [3.63, 3.8) is 0 Å². The van der Waals surface area contributed by atoms with E-state index in [4.69, 9.17) is 16.3 Å². The predicted octanol–water partition coefficient (Wildman–Crippen LogP) is 4.55. The SMILES string of the molecule is O=C(NCCCOc1ccc(Br)cc1Cl)NCCc1ccc(F)cc1. The van der Waals surface area contributed by atoms with Gasteiger partial charge in [0.05, 0.1) is 11.6 Å². The lowest BCUT2D eigenvalue weighted by Crippen LogP contribution is -2.37. The Labute approximate surface area is 159 Å². The maximum atomic E-state index is 12.8. The third-order valence-electron chi connectivity index (χ3n) is 3.37. The fourth-order valence-corrected chi connectivity index (χ4v) is 2.81. The fraction of sp³-hybridized carbons (Fsp3) is 0.278. The number of halogens is 3. The average Bonchev–Trinajstić information content (AvgIpc) is 2.58. The second-order valence-electron chi connectivity index (χ2n) is 5.34. The van der Waals surface area contributed by atoms with Gasteiger partial charge in [-0.3, -0.25) is 0 Å². The molecule has 0 aliphatic heterocycles. The van der Waals surface area contributed by atoms with Crippen molar-refractivity contribution in [1.29, 1.82) is 0 Å². The minimum atomic E-state index is -0.263. The maximum absolute atomic E-state index is 12.8. The molecule has 0 radical (unpaired) electrons. The highest BCUT2D eigenvalue weighted by atomic mass is 79.9. The van der Waals surface area contributed by atoms with Gasteiger partial charge in [0, 0.05) is 17.6 Å². The second kappa shape index (κ2) is 10.3. The van der Waals surface area contributed by atoms with Gasteiger partial charge in [-0.25, -0.2) is 9.18 Å². The molecular formula is C18H19BrClFN2O2. The van der Waals surface area contributed by atoms with E-state index >= 15 is 0 Å². The number of hydrogen-bond acceptors (Lipinski definition) is 2. The van der Waals surface area contributed by atoms with Gasteiger partial charge in [-0.05, 0) is 48.7 Å². The van der Waals surface area contributed by atoms with E-state index in [-0.39, 0.29) is 11.8 Å². The molecule has 0 spiro atoms. The molecular weight excluding hydrogens is 411 g/mol. The number of benzene rings is 2. The molecule has 2 aromatic carbocycles. The van der Waals surface area contributed by atoms with Crippen LogP contribution in [0, 0.1) is 5.82 Å². The molecule has 0 atom stereocenters. The first-order valence-corrected chi connectivity index (χ1v) is 9.05. The zero-order chi connectivity index (χ0) is 18.1. The molecule has 0 fully saturated rings. The summed E-state index contributed by atoms with van der Waals surface area (Å²) in [7, 11) is 0. The Kier molecular flexibility index (Phi) is 8.01. The Hall–Kier alpha value is -1.79. The zero-order valence-corrected chi connectivity index (χ0v) is 15.9. The van der Waals surface area contributed by atoms with Crippen LogP contribution in [0.3, 0.4) is 0 Å². The van der Waals surface area contributed by atoms with Crippen LogP contribution in [0.1, 0.15) is 12.0 Å². The van der Waals surface area contributed by atoms with E-state index in [0.29, 0.717) is 43.3 Å². The van der Waals surface area contributed by atoms with Gasteiger partial charge in [0.15, 0.2) is 0 Å². The van der Waals surface area contributed by atoms with Gasteiger partial charge >= 0.3 is 6.03 Å². The van der Waals surface area contributed by atoms with Gasteiger partial charge < -0.3 is 15.4 Å². The molecule has 0 aromatic heterocycles. The van der Waals surface area contributed by atoms with E-state index in [1.807, 2.05) is 6.07 Å². The van der Waals surface area contributed by atoms with Crippen molar-refractivity contribution < 1.29 is 13.9 Å². The van der Waals surface area contributed by atoms with E-state index in [2.05, 4.69) is 26.6 Å². The van der Waals surface area contributed by atoms with Gasteiger partial charge in [-0.15, -0.1) is 0 Å². The molecule has 0 bridgehead atoms. The van der Waals surface area contributed by atoms with Crippen molar-refractivity contribution in [3.8, 4) is 5.75 Å². The van der Waals surface area contributed by atoms with Crippen LogP contribution < -0.4 is 15.4 Å². The molecule has 0 unspecified atom stereocenters. The topological polar surface area (TPSA) is 50.4 Å². The van der Waals surface area contributed by atoms with Crippen LogP contribution in [0.5, 0.6) is 5.75 Å². The Bertz CT molecular complexity index is 698. The molecule has 2 aromatic rings. The van der Waals surface area contributed by atoms with Gasteiger partial charge in [-0.1, -0.05) is 39.7 Å². The molecule has 0 aliphatic carbocycles. The third-order valence-corrected chi connectivity index (χ3v) is 4.16. The number of nitrogens with one attached hydrogen (secondary N) is 2. The van der Waals surface area contributed by atoms with E-state index in [1.54, 1.807) is 24.3 Å². The normalized spacial score (nSPS) is 10.4. The molecule has 2 amide bonds. The van der Waals surface area contributed by atoms with Crippen molar-refractivity contribution in [2.45, 2.75) is 12.8 Å². The number of carbonyl (C=O) groups excluding carboxylic acids is 1. The molecule has 0 saturated carbocycles. The number of hydrogen-bond donors (Lipinski definition) is 2. The van der Waals surface area contributed by atoms with Gasteiger partial charge in [0.1, 0.15) is 11.6 Å². The van der Waals surface area contributed by atoms with Crippen LogP contribution in [0.4, 0.5) is 9.18 Å². The smallest absolute Gasteiger partial charge is 0.314 e. The Morgan fingerprint density at radius 3 is 2.56 bits per heavy atom. The summed E-state index contributed by atoms with van der Waals surface area (Å²) in [6.45, 7) is 1.44. The van der Waals surface area contributed by atoms with E-state index in [0.717, 1.165) is 10.0 Å². The minimum absolute atomic E-state index is 0.233. The van der Waals surface area contributed by atoms with Gasteiger partial charge in [0.2, 0.25) is 0 Å². The summed E-state index contributed by atoms with van der Waals surface area (Å²) in [6, 6.07) is 11.4. The number of urea groups is 1. The summed E-state index contributed by atoms with van der Waals surface area (Å²) in [6.07, 6.45) is 1.32. The van der Waals surface area contributed by atoms with Gasteiger partial charge in [-0.2, -0.15) is 0 Å². The van der Waals surface area contributed by atoms with E-state index in [9.17, 15) is 9.18 Å². The lowest BCUT2D eigenvalue weighted by molar-refractivity contribution is 0.239. The molecule has 2 N–H and O–H groups in total. The van der Waals surface area contributed by atoms with Crippen molar-refractivity contribution in [2.75, 3.05) is 19.7 Å². The lowest BCUT2D eigenvalue weighted by Gasteiger charge is -2.10. The zero-order valence-electron chi connectivity index (χ0n) is 13.5. The molecule has 7 heteroatoms. The van der Waals surface area contributed by atoms with Crippen LogP contribution in [0.2, 0.25) is 5.02 Å². The largest absolute Gasteiger partial charge is 0.492 e. The van der Waals surface area contributed by atoms with Crippen LogP contribution in [0.25, 0.3) is 0 Å². The summed E-state index contributed by atoms with van der Waals surface area (Å²) in [5.41, 5.74) is 0.974. The van der Waals surface area contributed by atoms with Crippen molar-refractivity contribution >= 4 is 33.6 Å². The molecule has 4 nitrogen and oxygen atoms in total. The molecule has 0 aliphatic rings. The molecule has 25 heavy (non-hydrogen) atoms. The number of amides is 2. The first kappa shape index (κ1) is 19.5. The summed E-state index contributed by atoms with van der Waals surface area (Å²) >= 11 is 9.39. The quantitative estimate of drug-likeness (QED) is 0.605. The number of rotatable bonds is 8. The number of carbonyl (C=O) groups is 1. The lowest BCUT2D eigenvalue weighted by atomic mass is 10.1. The summed E-state index contributed by atoms with van der Waals surface area (Å²) in [4.78, 5) is 11.7. The molecule has 2 rings (SSSR count). The summed E-state index contributed by atoms with van der Waals surface area (Å²) in [5.74, 6) is 0.356. The standard InChI is InChI=1S/C18H19BrClFN2O2/c19-14-4-7-17(16(20)12-14)25-11-1-9-22-18(24)23-10-8-13-2-5-15(21)6-3-13/h2-7,12H,1,8-11H2,(H2,22,23,24). The Morgan fingerprint density at radius 2 is 1.84 bits per heavy atom. The highest BCUT2D eigenvalue weighted by Gasteiger charge is 2.03. The van der Waals surface area contributed by atoms with Crippen molar-refractivity contribution in [2.24, 2.45) is 0 Å². The minimum Gasteiger partial charge on any atom is -0.492 e. The van der Waals surface area contributed by atoms with Crippen LogP contribution in [0.15, 0.2) is 46.9 Å². The maximum Gasteiger partial charge on any atom is 0.314 e. The van der Waals surface area contributed by atoms with Crippen LogP contribution in [-0.2, 0) is 6.42 Å². The van der Waals surface area contributed by atoms with E-state index in [1.165, 1.54) is 12.1 Å². The molecule has 134 valence electrons. The first-order valence-electron chi connectivity index (χ1n) is 7.88. The highest BCUT2D eigenvalue weighted by molar-refractivity contribution is 9.10. The predicted molar refractivity (Wildman–Crippen MR) is 101 cm³/mol.